The fraction of sp³-hybridized carbons (Fsp3) is 0.545. The molecule has 0 spiro atoms. The van der Waals surface area contributed by atoms with E-state index >= 15 is 0 Å². The van der Waals surface area contributed by atoms with Gasteiger partial charge in [-0.15, -0.1) is 0 Å². The van der Waals surface area contributed by atoms with E-state index in [0.29, 0.717) is 44.0 Å². The van der Waals surface area contributed by atoms with Gasteiger partial charge in [0.05, 0.1) is 5.69 Å². The van der Waals surface area contributed by atoms with Gasteiger partial charge < -0.3 is 9.80 Å². The lowest BCUT2D eigenvalue weighted by molar-refractivity contribution is -0.141. The molecule has 0 N–H and O–H groups in total. The number of para-hydroxylation sites is 1. The smallest absolute Gasteiger partial charge is 0.270 e. The fourth-order valence-electron chi connectivity index (χ4n) is 4.40. The van der Waals surface area contributed by atoms with Crippen molar-refractivity contribution >= 4 is 29.1 Å². The van der Waals surface area contributed by atoms with Crippen LogP contribution in [0.4, 0.5) is 5.69 Å². The van der Waals surface area contributed by atoms with Gasteiger partial charge in [-0.25, -0.2) is 5.01 Å². The van der Waals surface area contributed by atoms with Crippen LogP contribution >= 0.6 is 0 Å². The molecular formula is C22H28N4O3. The summed E-state index contributed by atoms with van der Waals surface area (Å²) < 4.78 is 0. The monoisotopic (exact) mass is 396 g/mol. The fourth-order valence-corrected chi connectivity index (χ4v) is 4.40. The minimum atomic E-state index is -0.122. The van der Waals surface area contributed by atoms with Crippen molar-refractivity contribution in [3.8, 4) is 0 Å². The highest BCUT2D eigenvalue weighted by molar-refractivity contribution is 6.40. The molecule has 1 saturated heterocycles. The van der Waals surface area contributed by atoms with Crippen LogP contribution < -0.4 is 5.01 Å². The van der Waals surface area contributed by atoms with E-state index in [2.05, 4.69) is 5.10 Å². The second kappa shape index (κ2) is 8.76. The molecule has 2 fully saturated rings. The van der Waals surface area contributed by atoms with Crippen LogP contribution in [-0.4, -0.2) is 59.4 Å². The number of benzene rings is 1. The molecule has 3 aliphatic rings. The first-order valence-corrected chi connectivity index (χ1v) is 10.7. The van der Waals surface area contributed by atoms with Crippen LogP contribution in [0, 0.1) is 5.92 Å². The Morgan fingerprint density at radius 3 is 2.21 bits per heavy atom. The number of piperazine rings is 1. The topological polar surface area (TPSA) is 73.3 Å². The van der Waals surface area contributed by atoms with E-state index in [1.54, 1.807) is 4.90 Å². The summed E-state index contributed by atoms with van der Waals surface area (Å²) in [6.45, 7) is 2.20. The van der Waals surface area contributed by atoms with Gasteiger partial charge in [-0.3, -0.25) is 14.4 Å². The summed E-state index contributed by atoms with van der Waals surface area (Å²) in [7, 11) is 0. The Kier molecular flexibility index (Phi) is 5.92. The van der Waals surface area contributed by atoms with Crippen molar-refractivity contribution in [2.45, 2.75) is 44.9 Å². The summed E-state index contributed by atoms with van der Waals surface area (Å²) in [4.78, 5) is 41.6. The average Bonchev–Trinajstić information content (AvgIpc) is 2.80. The van der Waals surface area contributed by atoms with Gasteiger partial charge in [-0.2, -0.15) is 5.10 Å². The highest BCUT2D eigenvalue weighted by Gasteiger charge is 2.32. The first-order chi connectivity index (χ1) is 14.1. The molecule has 154 valence electrons. The highest BCUT2D eigenvalue weighted by Crippen LogP contribution is 2.26. The first kappa shape index (κ1) is 19.6. The van der Waals surface area contributed by atoms with E-state index in [0.717, 1.165) is 25.7 Å². The molecule has 7 heteroatoms. The first-order valence-electron chi connectivity index (χ1n) is 10.7. The van der Waals surface area contributed by atoms with Crippen molar-refractivity contribution in [2.75, 3.05) is 31.2 Å². The summed E-state index contributed by atoms with van der Waals surface area (Å²) in [6, 6.07) is 9.18. The molecule has 4 rings (SSSR count). The highest BCUT2D eigenvalue weighted by atomic mass is 16.2. The SMILES string of the molecule is O=C(C1=NN(c2ccccc2)C(=O)CC1)N1CCN(C(=O)C2CCCCC2)CC1. The van der Waals surface area contributed by atoms with Gasteiger partial charge in [0.15, 0.2) is 0 Å². The minimum Gasteiger partial charge on any atom is -0.339 e. The molecule has 1 saturated carbocycles. The van der Waals surface area contributed by atoms with Crippen molar-refractivity contribution in [1.29, 1.82) is 0 Å². The van der Waals surface area contributed by atoms with Gasteiger partial charge >= 0.3 is 0 Å². The molecule has 0 radical (unpaired) electrons. The van der Waals surface area contributed by atoms with E-state index in [-0.39, 0.29) is 30.1 Å². The molecule has 0 unspecified atom stereocenters. The van der Waals surface area contributed by atoms with Gasteiger partial charge in [0, 0.05) is 44.9 Å². The Morgan fingerprint density at radius 1 is 0.862 bits per heavy atom. The average molecular weight is 396 g/mol. The predicted molar refractivity (Wildman–Crippen MR) is 110 cm³/mol. The summed E-state index contributed by atoms with van der Waals surface area (Å²) in [5.41, 5.74) is 1.09. The van der Waals surface area contributed by atoms with Crippen LogP contribution in [0.1, 0.15) is 44.9 Å². The van der Waals surface area contributed by atoms with Crippen LogP contribution in [0.2, 0.25) is 0 Å². The normalized spacial score (nSPS) is 21.2. The van der Waals surface area contributed by atoms with Crippen LogP contribution in [0.25, 0.3) is 0 Å². The lowest BCUT2D eigenvalue weighted by Crippen LogP contribution is -2.54. The number of carbonyl (C=O) groups excluding carboxylic acids is 3. The van der Waals surface area contributed by atoms with Crippen molar-refractivity contribution in [3.05, 3.63) is 30.3 Å². The van der Waals surface area contributed by atoms with Crippen LogP contribution in [0.15, 0.2) is 35.4 Å². The summed E-state index contributed by atoms with van der Waals surface area (Å²) >= 11 is 0. The third kappa shape index (κ3) is 4.33. The molecule has 1 aromatic rings. The van der Waals surface area contributed by atoms with E-state index in [9.17, 15) is 14.4 Å². The van der Waals surface area contributed by atoms with E-state index in [4.69, 9.17) is 0 Å². The third-order valence-electron chi connectivity index (χ3n) is 6.11. The number of hydrogen-bond donors (Lipinski definition) is 0. The second-order valence-electron chi connectivity index (χ2n) is 8.04. The number of anilines is 1. The number of amides is 3. The Hall–Kier alpha value is -2.70. The van der Waals surface area contributed by atoms with E-state index < -0.39 is 0 Å². The van der Waals surface area contributed by atoms with Crippen LogP contribution in [0.5, 0.6) is 0 Å². The van der Waals surface area contributed by atoms with Gasteiger partial charge in [0.1, 0.15) is 5.71 Å². The molecule has 0 atom stereocenters. The molecule has 29 heavy (non-hydrogen) atoms. The zero-order chi connectivity index (χ0) is 20.2. The van der Waals surface area contributed by atoms with Gasteiger partial charge in [-0.1, -0.05) is 37.5 Å². The van der Waals surface area contributed by atoms with Crippen LogP contribution in [0.3, 0.4) is 0 Å². The lowest BCUT2D eigenvalue weighted by atomic mass is 9.88. The molecule has 1 aliphatic carbocycles. The molecular weight excluding hydrogens is 368 g/mol. The number of nitrogens with zero attached hydrogens (tertiary/aromatic N) is 4. The van der Waals surface area contributed by atoms with Crippen LogP contribution in [-0.2, 0) is 14.4 Å². The second-order valence-corrected chi connectivity index (χ2v) is 8.04. The maximum absolute atomic E-state index is 13.0. The molecule has 7 nitrogen and oxygen atoms in total. The largest absolute Gasteiger partial charge is 0.339 e. The molecule has 0 bridgehead atoms. The zero-order valence-electron chi connectivity index (χ0n) is 16.8. The van der Waals surface area contributed by atoms with Crippen molar-refractivity contribution < 1.29 is 14.4 Å². The lowest BCUT2D eigenvalue weighted by Gasteiger charge is -2.37. The van der Waals surface area contributed by atoms with Gasteiger partial charge in [0.25, 0.3) is 5.91 Å². The zero-order valence-corrected chi connectivity index (χ0v) is 16.8. The van der Waals surface area contributed by atoms with Gasteiger partial charge in [0.2, 0.25) is 11.8 Å². The molecule has 1 aromatic carbocycles. The van der Waals surface area contributed by atoms with Crippen molar-refractivity contribution in [3.63, 3.8) is 0 Å². The Labute approximate surface area is 171 Å². The van der Waals surface area contributed by atoms with Crippen molar-refractivity contribution in [2.24, 2.45) is 11.0 Å². The summed E-state index contributed by atoms with van der Waals surface area (Å²) in [6.07, 6.45) is 6.16. The third-order valence-corrected chi connectivity index (χ3v) is 6.11. The molecule has 0 aromatic heterocycles. The summed E-state index contributed by atoms with van der Waals surface area (Å²) in [5, 5.41) is 5.70. The summed E-state index contributed by atoms with van der Waals surface area (Å²) in [5.74, 6) is 0.200. The predicted octanol–water partition coefficient (Wildman–Crippen LogP) is 2.42. The maximum atomic E-state index is 13.0. The van der Waals surface area contributed by atoms with Gasteiger partial charge in [-0.05, 0) is 25.0 Å². The molecule has 3 amide bonds. The Balaban J connectivity index is 1.38. The Morgan fingerprint density at radius 2 is 1.52 bits per heavy atom. The quantitative estimate of drug-likeness (QED) is 0.788. The Bertz CT molecular complexity index is 794. The number of hydrogen-bond acceptors (Lipinski definition) is 4. The van der Waals surface area contributed by atoms with E-state index in [1.165, 1.54) is 11.4 Å². The number of carbonyl (C=O) groups is 3. The number of hydrazone groups is 1. The maximum Gasteiger partial charge on any atom is 0.270 e. The minimum absolute atomic E-state index is 0.101. The molecule has 2 heterocycles. The van der Waals surface area contributed by atoms with Crippen molar-refractivity contribution in [1.82, 2.24) is 9.80 Å². The standard InChI is InChI=1S/C22H28N4O3/c27-20-12-11-19(23-26(20)18-9-5-2-6-10-18)22(29)25-15-13-24(14-16-25)21(28)17-7-3-1-4-8-17/h2,5-6,9-10,17H,1,3-4,7-8,11-16H2. The van der Waals surface area contributed by atoms with E-state index in [1.807, 2.05) is 35.2 Å². The molecule has 2 aliphatic heterocycles. The number of rotatable bonds is 3.